The van der Waals surface area contributed by atoms with Crippen LogP contribution in [0.25, 0.3) is 0 Å². The molecular weight excluding hydrogens is 410 g/mol. The van der Waals surface area contributed by atoms with Crippen LogP contribution in [0.4, 0.5) is 10.1 Å². The first kappa shape index (κ1) is 19.7. The molecule has 1 saturated heterocycles. The van der Waals surface area contributed by atoms with Crippen LogP contribution in [0.1, 0.15) is 20.3 Å². The van der Waals surface area contributed by atoms with Gasteiger partial charge in [0.15, 0.2) is 5.96 Å². The van der Waals surface area contributed by atoms with Crippen LogP contribution in [0, 0.1) is 11.2 Å². The Bertz CT molecular complexity index is 560. The molecule has 0 spiro atoms. The Hall–Kier alpha value is -1.38. The number of anilines is 1. The molecule has 1 aromatic carbocycles. The third-order valence-corrected chi connectivity index (χ3v) is 3.72. The fourth-order valence-electron chi connectivity index (χ4n) is 2.52. The molecule has 0 saturated carbocycles. The standard InChI is InChI=1S/C16H23FN4O.HI/c1-16(2)8-9-21(11-16)15(18-3)19-10-14(22)20-13-6-4-12(17)5-7-13;/h4-7H,8-11H2,1-3H3,(H,18,19)(H,20,22);1H. The lowest BCUT2D eigenvalue weighted by Gasteiger charge is -2.23. The maximum absolute atomic E-state index is 12.8. The van der Waals surface area contributed by atoms with Crippen molar-refractivity contribution in [1.82, 2.24) is 10.2 Å². The van der Waals surface area contributed by atoms with Gasteiger partial charge in [0.25, 0.3) is 0 Å². The van der Waals surface area contributed by atoms with Crippen molar-refractivity contribution < 1.29 is 9.18 Å². The number of amides is 1. The summed E-state index contributed by atoms with van der Waals surface area (Å²) in [7, 11) is 1.71. The summed E-state index contributed by atoms with van der Waals surface area (Å²) in [5.74, 6) is 0.222. The van der Waals surface area contributed by atoms with E-state index in [4.69, 9.17) is 0 Å². The maximum Gasteiger partial charge on any atom is 0.243 e. The molecule has 2 rings (SSSR count). The van der Waals surface area contributed by atoms with Crippen molar-refractivity contribution in [3.8, 4) is 0 Å². The minimum atomic E-state index is -0.326. The summed E-state index contributed by atoms with van der Waals surface area (Å²) < 4.78 is 12.8. The van der Waals surface area contributed by atoms with Gasteiger partial charge < -0.3 is 15.5 Å². The zero-order chi connectivity index (χ0) is 16.2. The van der Waals surface area contributed by atoms with Gasteiger partial charge in [-0.1, -0.05) is 13.8 Å². The average Bonchev–Trinajstić information content (AvgIpc) is 2.82. The molecule has 0 aliphatic carbocycles. The molecule has 1 fully saturated rings. The Balaban J connectivity index is 0.00000264. The SMILES string of the molecule is CN=C(NCC(=O)Nc1ccc(F)cc1)N1CCC(C)(C)C1.I. The van der Waals surface area contributed by atoms with Gasteiger partial charge >= 0.3 is 0 Å². The van der Waals surface area contributed by atoms with Crippen molar-refractivity contribution in [2.45, 2.75) is 20.3 Å². The highest BCUT2D eigenvalue weighted by atomic mass is 127. The van der Waals surface area contributed by atoms with E-state index in [1.807, 2.05) is 0 Å². The number of benzene rings is 1. The Labute approximate surface area is 153 Å². The van der Waals surface area contributed by atoms with Gasteiger partial charge in [-0.05, 0) is 36.1 Å². The molecule has 0 unspecified atom stereocenters. The van der Waals surface area contributed by atoms with E-state index in [1.165, 1.54) is 24.3 Å². The van der Waals surface area contributed by atoms with E-state index in [-0.39, 0.29) is 47.7 Å². The zero-order valence-electron chi connectivity index (χ0n) is 13.7. The number of carbonyl (C=O) groups is 1. The number of likely N-dealkylation sites (tertiary alicyclic amines) is 1. The number of rotatable bonds is 3. The summed E-state index contributed by atoms with van der Waals surface area (Å²) in [6.45, 7) is 6.43. The van der Waals surface area contributed by atoms with Crippen LogP contribution < -0.4 is 10.6 Å². The molecule has 0 atom stereocenters. The molecule has 1 aliphatic rings. The smallest absolute Gasteiger partial charge is 0.243 e. The minimum absolute atomic E-state index is 0. The predicted molar refractivity (Wildman–Crippen MR) is 102 cm³/mol. The van der Waals surface area contributed by atoms with Crippen molar-refractivity contribution >= 4 is 41.5 Å². The number of hydrogen-bond acceptors (Lipinski definition) is 2. The Kier molecular flexibility index (Phi) is 7.24. The molecule has 0 radical (unpaired) electrons. The van der Waals surface area contributed by atoms with E-state index in [9.17, 15) is 9.18 Å². The van der Waals surface area contributed by atoms with Crippen molar-refractivity contribution in [2.24, 2.45) is 10.4 Å². The summed E-state index contributed by atoms with van der Waals surface area (Å²) in [4.78, 5) is 18.3. The average molecular weight is 434 g/mol. The summed E-state index contributed by atoms with van der Waals surface area (Å²) >= 11 is 0. The first-order chi connectivity index (χ1) is 10.4. The molecule has 1 aromatic rings. The third-order valence-electron chi connectivity index (χ3n) is 3.72. The molecule has 128 valence electrons. The fourth-order valence-corrected chi connectivity index (χ4v) is 2.52. The van der Waals surface area contributed by atoms with Gasteiger partial charge in [-0.25, -0.2) is 4.39 Å². The Morgan fingerprint density at radius 3 is 2.52 bits per heavy atom. The van der Waals surface area contributed by atoms with E-state index in [2.05, 4.69) is 34.4 Å². The van der Waals surface area contributed by atoms with Crippen LogP contribution in [0.3, 0.4) is 0 Å². The second-order valence-corrected chi connectivity index (χ2v) is 6.29. The molecule has 1 aliphatic heterocycles. The van der Waals surface area contributed by atoms with Crippen molar-refractivity contribution in [1.29, 1.82) is 0 Å². The summed E-state index contributed by atoms with van der Waals surface area (Å²) in [6.07, 6.45) is 1.11. The number of halogens is 2. The van der Waals surface area contributed by atoms with Gasteiger partial charge in [-0.2, -0.15) is 0 Å². The lowest BCUT2D eigenvalue weighted by atomic mass is 9.93. The van der Waals surface area contributed by atoms with Crippen LogP contribution in [0.15, 0.2) is 29.3 Å². The van der Waals surface area contributed by atoms with Gasteiger partial charge in [0.1, 0.15) is 5.82 Å². The number of guanidine groups is 1. The Morgan fingerprint density at radius 1 is 1.35 bits per heavy atom. The lowest BCUT2D eigenvalue weighted by Crippen LogP contribution is -2.43. The summed E-state index contributed by atoms with van der Waals surface area (Å²) in [5.41, 5.74) is 0.846. The number of nitrogens with zero attached hydrogens (tertiary/aromatic N) is 2. The van der Waals surface area contributed by atoms with E-state index < -0.39 is 0 Å². The Morgan fingerprint density at radius 2 is 2.00 bits per heavy atom. The molecule has 1 amide bonds. The molecule has 2 N–H and O–H groups in total. The fraction of sp³-hybridized carbons (Fsp3) is 0.500. The number of hydrogen-bond donors (Lipinski definition) is 2. The van der Waals surface area contributed by atoms with Gasteiger partial charge in [0.05, 0.1) is 6.54 Å². The topological polar surface area (TPSA) is 56.7 Å². The molecule has 0 bridgehead atoms. The van der Waals surface area contributed by atoms with E-state index >= 15 is 0 Å². The maximum atomic E-state index is 12.8. The van der Waals surface area contributed by atoms with Crippen LogP contribution in [0.5, 0.6) is 0 Å². The van der Waals surface area contributed by atoms with Gasteiger partial charge in [-0.15, -0.1) is 24.0 Å². The number of carbonyl (C=O) groups excluding carboxylic acids is 1. The minimum Gasteiger partial charge on any atom is -0.347 e. The third kappa shape index (κ3) is 5.96. The monoisotopic (exact) mass is 434 g/mol. The number of aliphatic imine (C=N–C) groups is 1. The van der Waals surface area contributed by atoms with E-state index in [1.54, 1.807) is 7.05 Å². The predicted octanol–water partition coefficient (Wildman–Crippen LogP) is 2.69. The molecule has 1 heterocycles. The van der Waals surface area contributed by atoms with Crippen molar-refractivity contribution in [3.05, 3.63) is 30.1 Å². The van der Waals surface area contributed by atoms with Gasteiger partial charge in [-0.3, -0.25) is 9.79 Å². The highest BCUT2D eigenvalue weighted by molar-refractivity contribution is 14.0. The molecule has 5 nitrogen and oxygen atoms in total. The summed E-state index contributed by atoms with van der Waals surface area (Å²) in [6, 6.07) is 5.69. The lowest BCUT2D eigenvalue weighted by molar-refractivity contribution is -0.115. The molecule has 7 heteroatoms. The van der Waals surface area contributed by atoms with E-state index in [0.717, 1.165) is 25.5 Å². The highest BCUT2D eigenvalue weighted by Crippen LogP contribution is 2.28. The van der Waals surface area contributed by atoms with Crippen LogP contribution >= 0.6 is 24.0 Å². The first-order valence-corrected chi connectivity index (χ1v) is 7.41. The van der Waals surface area contributed by atoms with Crippen LogP contribution in [0.2, 0.25) is 0 Å². The highest BCUT2D eigenvalue weighted by Gasteiger charge is 2.30. The van der Waals surface area contributed by atoms with Crippen LogP contribution in [-0.4, -0.2) is 43.4 Å². The van der Waals surface area contributed by atoms with Crippen molar-refractivity contribution in [3.63, 3.8) is 0 Å². The second kappa shape index (κ2) is 8.47. The largest absolute Gasteiger partial charge is 0.347 e. The number of nitrogens with one attached hydrogen (secondary N) is 2. The second-order valence-electron chi connectivity index (χ2n) is 6.29. The first-order valence-electron chi connectivity index (χ1n) is 7.41. The molecule has 23 heavy (non-hydrogen) atoms. The zero-order valence-corrected chi connectivity index (χ0v) is 16.1. The van der Waals surface area contributed by atoms with Crippen LogP contribution in [-0.2, 0) is 4.79 Å². The van der Waals surface area contributed by atoms with E-state index in [0.29, 0.717) is 5.69 Å². The van der Waals surface area contributed by atoms with Gasteiger partial charge in [0, 0.05) is 25.8 Å². The van der Waals surface area contributed by atoms with Crippen molar-refractivity contribution in [2.75, 3.05) is 32.0 Å². The summed E-state index contributed by atoms with van der Waals surface area (Å²) in [5, 5.41) is 5.78. The normalized spacial score (nSPS) is 16.7. The van der Waals surface area contributed by atoms with Gasteiger partial charge in [0.2, 0.25) is 5.91 Å². The molecule has 0 aromatic heterocycles. The molecular formula is C16H24FIN4O. The quantitative estimate of drug-likeness (QED) is 0.437.